The first-order chi connectivity index (χ1) is 15.2. The molecule has 1 unspecified atom stereocenters. The number of carbonyl (C=O) groups excluding carboxylic acids is 1. The lowest BCUT2D eigenvalue weighted by atomic mass is 10.1. The van der Waals surface area contributed by atoms with Gasteiger partial charge in [0.2, 0.25) is 0 Å². The summed E-state index contributed by atoms with van der Waals surface area (Å²) in [5, 5.41) is 2.96. The molecule has 0 aliphatic carbocycles. The number of likely N-dealkylation sites (N-methyl/N-ethyl adjacent to an activating group) is 1. The molecule has 1 atom stereocenters. The van der Waals surface area contributed by atoms with Gasteiger partial charge >= 0.3 is 0 Å². The van der Waals surface area contributed by atoms with Crippen LogP contribution in [0, 0.1) is 13.8 Å². The standard InChI is InChI=1S/C25H29N3O3S/c1-18-14-15-21(32(30,31)27-23-13-9-8-10-19(23)2)16-22(18)25(29)26-17-24(28(3)4)20-11-6-5-7-12-20/h5-16,24,27H,17H2,1-4H3,(H,26,29). The average molecular weight is 452 g/mol. The fourth-order valence-corrected chi connectivity index (χ4v) is 4.62. The lowest BCUT2D eigenvalue weighted by Gasteiger charge is -2.25. The number of sulfonamides is 1. The molecule has 0 aliphatic heterocycles. The van der Waals surface area contributed by atoms with Gasteiger partial charge in [-0.3, -0.25) is 9.52 Å². The van der Waals surface area contributed by atoms with Crippen LogP contribution in [0.5, 0.6) is 0 Å². The number of amides is 1. The molecular weight excluding hydrogens is 422 g/mol. The first kappa shape index (κ1) is 23.5. The van der Waals surface area contributed by atoms with Crippen molar-refractivity contribution in [3.63, 3.8) is 0 Å². The fraction of sp³-hybridized carbons (Fsp3) is 0.240. The second kappa shape index (κ2) is 9.97. The van der Waals surface area contributed by atoms with Gasteiger partial charge in [-0.05, 0) is 62.8 Å². The molecule has 0 radical (unpaired) electrons. The van der Waals surface area contributed by atoms with E-state index in [0.29, 0.717) is 23.4 Å². The summed E-state index contributed by atoms with van der Waals surface area (Å²) in [6, 6.07) is 21.7. The second-order valence-corrected chi connectivity index (χ2v) is 9.68. The molecule has 0 fully saturated rings. The van der Waals surface area contributed by atoms with Crippen molar-refractivity contribution in [2.24, 2.45) is 0 Å². The van der Waals surface area contributed by atoms with Gasteiger partial charge in [0, 0.05) is 12.1 Å². The zero-order valence-electron chi connectivity index (χ0n) is 18.8. The van der Waals surface area contributed by atoms with Crippen molar-refractivity contribution in [3.05, 3.63) is 95.1 Å². The second-order valence-electron chi connectivity index (χ2n) is 8.00. The molecule has 0 bridgehead atoms. The first-order valence-electron chi connectivity index (χ1n) is 10.4. The van der Waals surface area contributed by atoms with E-state index in [0.717, 1.165) is 11.1 Å². The smallest absolute Gasteiger partial charge is 0.261 e. The summed E-state index contributed by atoms with van der Waals surface area (Å²) in [7, 11) is 0.0812. The van der Waals surface area contributed by atoms with Gasteiger partial charge in [-0.25, -0.2) is 8.42 Å². The molecule has 0 aromatic heterocycles. The maximum atomic E-state index is 13.0. The number of para-hydroxylation sites is 1. The number of hydrogen-bond donors (Lipinski definition) is 2. The number of nitrogens with one attached hydrogen (secondary N) is 2. The minimum absolute atomic E-state index is 0.00454. The monoisotopic (exact) mass is 451 g/mol. The van der Waals surface area contributed by atoms with E-state index in [1.807, 2.05) is 68.4 Å². The maximum Gasteiger partial charge on any atom is 0.261 e. The van der Waals surface area contributed by atoms with E-state index in [9.17, 15) is 13.2 Å². The van der Waals surface area contributed by atoms with Gasteiger partial charge in [0.15, 0.2) is 0 Å². The lowest BCUT2D eigenvalue weighted by Crippen LogP contribution is -2.35. The molecule has 32 heavy (non-hydrogen) atoms. The van der Waals surface area contributed by atoms with Crippen LogP contribution in [0.15, 0.2) is 77.7 Å². The summed E-state index contributed by atoms with van der Waals surface area (Å²) in [6.07, 6.45) is 0. The molecular formula is C25H29N3O3S. The van der Waals surface area contributed by atoms with Crippen molar-refractivity contribution in [3.8, 4) is 0 Å². The Bertz CT molecular complexity index is 1190. The highest BCUT2D eigenvalue weighted by molar-refractivity contribution is 7.92. The molecule has 3 aromatic carbocycles. The average Bonchev–Trinajstić information content (AvgIpc) is 2.76. The minimum atomic E-state index is -3.83. The van der Waals surface area contributed by atoms with E-state index >= 15 is 0 Å². The van der Waals surface area contributed by atoms with Crippen LogP contribution in [0.4, 0.5) is 5.69 Å². The molecule has 6 nitrogen and oxygen atoms in total. The van der Waals surface area contributed by atoms with E-state index in [1.165, 1.54) is 12.1 Å². The van der Waals surface area contributed by atoms with Crippen molar-refractivity contribution in [2.45, 2.75) is 24.8 Å². The van der Waals surface area contributed by atoms with Crippen LogP contribution < -0.4 is 10.0 Å². The molecule has 0 saturated carbocycles. The van der Waals surface area contributed by atoms with Crippen molar-refractivity contribution in [1.82, 2.24) is 10.2 Å². The largest absolute Gasteiger partial charge is 0.350 e. The summed E-state index contributed by atoms with van der Waals surface area (Å²) < 4.78 is 28.5. The summed E-state index contributed by atoms with van der Waals surface area (Å²) in [4.78, 5) is 15.1. The van der Waals surface area contributed by atoms with E-state index in [1.54, 1.807) is 25.1 Å². The summed E-state index contributed by atoms with van der Waals surface area (Å²) >= 11 is 0. The van der Waals surface area contributed by atoms with Crippen molar-refractivity contribution in [2.75, 3.05) is 25.4 Å². The normalized spacial score (nSPS) is 12.4. The van der Waals surface area contributed by atoms with Crippen molar-refractivity contribution in [1.29, 1.82) is 0 Å². The van der Waals surface area contributed by atoms with Crippen molar-refractivity contribution < 1.29 is 13.2 Å². The fourth-order valence-electron chi connectivity index (χ4n) is 3.46. The number of aryl methyl sites for hydroxylation is 2. The molecule has 7 heteroatoms. The van der Waals surface area contributed by atoms with Gasteiger partial charge in [0.1, 0.15) is 0 Å². The summed E-state index contributed by atoms with van der Waals surface area (Å²) in [5.74, 6) is -0.307. The lowest BCUT2D eigenvalue weighted by molar-refractivity contribution is 0.0941. The Morgan fingerprint density at radius 2 is 1.56 bits per heavy atom. The molecule has 3 rings (SSSR count). The van der Waals surface area contributed by atoms with Crippen LogP contribution in [0.3, 0.4) is 0 Å². The predicted octanol–water partition coefficient (Wildman–Crippen LogP) is 4.14. The third kappa shape index (κ3) is 5.55. The number of carbonyl (C=O) groups is 1. The van der Waals surface area contributed by atoms with Crippen molar-refractivity contribution >= 4 is 21.6 Å². The number of anilines is 1. The molecule has 0 heterocycles. The number of rotatable bonds is 8. The zero-order chi connectivity index (χ0) is 23.3. The Morgan fingerprint density at radius 3 is 2.22 bits per heavy atom. The van der Waals surface area contributed by atoms with Gasteiger partial charge in [0.25, 0.3) is 15.9 Å². The van der Waals surface area contributed by atoms with E-state index in [2.05, 4.69) is 10.0 Å². The van der Waals surface area contributed by atoms with Gasteiger partial charge in [-0.15, -0.1) is 0 Å². The minimum Gasteiger partial charge on any atom is -0.350 e. The highest BCUT2D eigenvalue weighted by Gasteiger charge is 2.20. The van der Waals surface area contributed by atoms with Crippen LogP contribution in [0.25, 0.3) is 0 Å². The molecule has 1 amide bonds. The first-order valence-corrected chi connectivity index (χ1v) is 11.9. The van der Waals surface area contributed by atoms with Gasteiger partial charge in [-0.2, -0.15) is 0 Å². The van der Waals surface area contributed by atoms with E-state index in [-0.39, 0.29) is 16.8 Å². The zero-order valence-corrected chi connectivity index (χ0v) is 19.6. The van der Waals surface area contributed by atoms with E-state index in [4.69, 9.17) is 0 Å². The van der Waals surface area contributed by atoms with Crippen LogP contribution in [0.2, 0.25) is 0 Å². The topological polar surface area (TPSA) is 78.5 Å². The summed E-state index contributed by atoms with van der Waals surface area (Å²) in [6.45, 7) is 4.02. The van der Waals surface area contributed by atoms with E-state index < -0.39 is 10.0 Å². The number of hydrogen-bond acceptors (Lipinski definition) is 4. The molecule has 168 valence electrons. The Balaban J connectivity index is 1.80. The summed E-state index contributed by atoms with van der Waals surface area (Å²) in [5.41, 5.74) is 3.46. The molecule has 0 aliphatic rings. The Morgan fingerprint density at radius 1 is 0.906 bits per heavy atom. The van der Waals surface area contributed by atoms with Gasteiger partial charge in [0.05, 0.1) is 16.6 Å². The third-order valence-electron chi connectivity index (χ3n) is 5.42. The SMILES string of the molecule is Cc1ccccc1NS(=O)(=O)c1ccc(C)c(C(=O)NCC(c2ccccc2)N(C)C)c1. The molecule has 3 aromatic rings. The van der Waals surface area contributed by atoms with Gasteiger partial charge < -0.3 is 10.2 Å². The third-order valence-corrected chi connectivity index (χ3v) is 6.78. The molecule has 0 saturated heterocycles. The quantitative estimate of drug-likeness (QED) is 0.540. The Kier molecular flexibility index (Phi) is 7.33. The van der Waals surface area contributed by atoms with Crippen LogP contribution in [-0.2, 0) is 10.0 Å². The maximum absolute atomic E-state index is 13.0. The Labute approximate surface area is 190 Å². The number of benzene rings is 3. The molecule has 0 spiro atoms. The highest BCUT2D eigenvalue weighted by Crippen LogP contribution is 2.22. The van der Waals surface area contributed by atoms with Crippen LogP contribution >= 0.6 is 0 Å². The number of nitrogens with zero attached hydrogens (tertiary/aromatic N) is 1. The van der Waals surface area contributed by atoms with Crippen LogP contribution in [0.1, 0.15) is 33.1 Å². The molecule has 2 N–H and O–H groups in total. The van der Waals surface area contributed by atoms with Gasteiger partial charge in [-0.1, -0.05) is 54.6 Å². The Hall–Kier alpha value is -3.16. The highest BCUT2D eigenvalue weighted by atomic mass is 32.2. The van der Waals surface area contributed by atoms with Crippen LogP contribution in [-0.4, -0.2) is 39.9 Å². The predicted molar refractivity (Wildman–Crippen MR) is 128 cm³/mol.